The van der Waals surface area contributed by atoms with E-state index in [1.54, 1.807) is 6.08 Å². The third kappa shape index (κ3) is 4.77. The Morgan fingerprint density at radius 2 is 1.71 bits per heavy atom. The minimum atomic E-state index is 1.06. The lowest BCUT2D eigenvalue weighted by Gasteiger charge is -2.10. The average molecular weight is 229 g/mol. The van der Waals surface area contributed by atoms with E-state index < -0.39 is 0 Å². The summed E-state index contributed by atoms with van der Waals surface area (Å²) in [7, 11) is 0. The second-order valence-electron chi connectivity index (χ2n) is 5.05. The second-order valence-corrected chi connectivity index (χ2v) is 5.05. The van der Waals surface area contributed by atoms with Crippen molar-refractivity contribution in [2.24, 2.45) is 0 Å². The molecule has 17 heavy (non-hydrogen) atoms. The maximum atomic E-state index is 5.36. The van der Waals surface area contributed by atoms with E-state index in [4.69, 9.17) is 6.58 Å². The summed E-state index contributed by atoms with van der Waals surface area (Å²) < 4.78 is 0. The predicted molar refractivity (Wildman–Crippen MR) is 76.3 cm³/mol. The summed E-state index contributed by atoms with van der Waals surface area (Å²) in [6.07, 6.45) is 9.21. The Hall–Kier alpha value is -1.04. The highest BCUT2D eigenvalue weighted by molar-refractivity contribution is 5.37. The smallest absolute Gasteiger partial charge is 0.0276 e. The third-order valence-electron chi connectivity index (χ3n) is 3.49. The van der Waals surface area contributed by atoms with Crippen LogP contribution in [0.5, 0.6) is 0 Å². The number of unbranched alkanes of at least 4 members (excludes halogenated alkanes) is 4. The normalized spacial score (nSPS) is 10.5. The van der Waals surface area contributed by atoms with Crippen molar-refractivity contribution in [3.8, 4) is 0 Å². The highest BCUT2D eigenvalue weighted by Gasteiger charge is 2.02. The van der Waals surface area contributed by atoms with Gasteiger partial charge in [-0.2, -0.15) is 0 Å². The van der Waals surface area contributed by atoms with E-state index in [1.807, 2.05) is 0 Å². The zero-order chi connectivity index (χ0) is 12.7. The van der Waals surface area contributed by atoms with Gasteiger partial charge in [0.25, 0.3) is 0 Å². The van der Waals surface area contributed by atoms with Crippen LogP contribution in [0.2, 0.25) is 0 Å². The summed E-state index contributed by atoms with van der Waals surface area (Å²) in [5, 5.41) is 0. The lowest BCUT2D eigenvalue weighted by atomic mass is 9.96. The van der Waals surface area contributed by atoms with Gasteiger partial charge in [-0.3, -0.25) is 0 Å². The maximum absolute atomic E-state index is 5.36. The van der Waals surface area contributed by atoms with Gasteiger partial charge < -0.3 is 0 Å². The van der Waals surface area contributed by atoms with Crippen LogP contribution in [0.3, 0.4) is 0 Å². The zero-order valence-electron chi connectivity index (χ0n) is 11.6. The van der Waals surface area contributed by atoms with Gasteiger partial charge in [0.2, 0.25) is 0 Å². The first-order chi connectivity index (χ1) is 8.15. The minimum Gasteiger partial charge on any atom is -0.0845 e. The summed E-state index contributed by atoms with van der Waals surface area (Å²) in [5.41, 5.74) is 5.83. The van der Waals surface area contributed by atoms with Crippen LogP contribution in [0.15, 0.2) is 18.2 Å². The van der Waals surface area contributed by atoms with Gasteiger partial charge in [0, 0.05) is 0 Å². The fourth-order valence-corrected chi connectivity index (χ4v) is 2.32. The summed E-state index contributed by atoms with van der Waals surface area (Å²) >= 11 is 0. The molecule has 1 aromatic rings. The molecule has 0 spiro atoms. The molecule has 0 saturated heterocycles. The van der Waals surface area contributed by atoms with Gasteiger partial charge in [-0.15, -0.1) is 0 Å². The molecule has 0 heterocycles. The minimum absolute atomic E-state index is 1.06. The predicted octanol–water partition coefficient (Wildman–Crippen LogP) is 5.09. The van der Waals surface area contributed by atoms with E-state index in [0.717, 1.165) is 6.42 Å². The van der Waals surface area contributed by atoms with Crippen LogP contribution in [-0.4, -0.2) is 0 Å². The molecule has 0 saturated carbocycles. The Bertz CT molecular complexity index is 361. The Kier molecular flexibility index (Phi) is 6.04. The summed E-state index contributed by atoms with van der Waals surface area (Å²) in [6, 6.07) is 4.62. The van der Waals surface area contributed by atoms with Crippen molar-refractivity contribution in [3.05, 3.63) is 47.0 Å². The monoisotopic (exact) mass is 229 g/mol. The zero-order valence-corrected chi connectivity index (χ0v) is 11.6. The van der Waals surface area contributed by atoms with Gasteiger partial charge in [-0.1, -0.05) is 43.2 Å². The first kappa shape index (κ1) is 14.0. The van der Waals surface area contributed by atoms with Crippen molar-refractivity contribution in [2.45, 2.75) is 59.3 Å². The molecule has 1 rings (SSSR count). The molecular weight excluding hydrogens is 204 g/mol. The van der Waals surface area contributed by atoms with Crippen LogP contribution >= 0.6 is 0 Å². The lowest BCUT2D eigenvalue weighted by molar-refractivity contribution is 0.645. The fraction of sp³-hybridized carbons (Fsp3) is 0.529. The molecule has 1 aromatic carbocycles. The molecule has 0 aromatic heterocycles. The van der Waals surface area contributed by atoms with Crippen molar-refractivity contribution >= 4 is 0 Å². The van der Waals surface area contributed by atoms with Crippen molar-refractivity contribution < 1.29 is 0 Å². The second kappa shape index (κ2) is 7.32. The first-order valence-electron chi connectivity index (χ1n) is 6.75. The molecule has 0 aliphatic heterocycles. The Morgan fingerprint density at radius 1 is 1.00 bits per heavy atom. The van der Waals surface area contributed by atoms with Crippen LogP contribution in [0.25, 0.3) is 0 Å². The highest BCUT2D eigenvalue weighted by Crippen LogP contribution is 2.18. The van der Waals surface area contributed by atoms with Crippen LogP contribution < -0.4 is 0 Å². The molecule has 0 atom stereocenters. The van der Waals surface area contributed by atoms with Gasteiger partial charge >= 0.3 is 0 Å². The topological polar surface area (TPSA) is 0 Å². The Balaban J connectivity index is 2.38. The summed E-state index contributed by atoms with van der Waals surface area (Å²) in [5.74, 6) is 0. The average Bonchev–Trinajstić information content (AvgIpc) is 2.29. The van der Waals surface area contributed by atoms with Crippen LogP contribution in [0.1, 0.15) is 54.4 Å². The standard InChI is InChI=1S/C17H25/c1-5-6-7-8-9-10-11-17-13-14(2)12-15(3)16(17)4/h1,5,12-13H,6-11H2,2-4H3. The van der Waals surface area contributed by atoms with Gasteiger partial charge in [-0.05, 0) is 63.1 Å². The number of allylic oxidation sites excluding steroid dienone is 1. The van der Waals surface area contributed by atoms with Crippen molar-refractivity contribution in [1.82, 2.24) is 0 Å². The number of hydrogen-bond donors (Lipinski definition) is 0. The van der Waals surface area contributed by atoms with E-state index >= 15 is 0 Å². The fourth-order valence-electron chi connectivity index (χ4n) is 2.32. The third-order valence-corrected chi connectivity index (χ3v) is 3.49. The van der Waals surface area contributed by atoms with Gasteiger partial charge in [-0.25, -0.2) is 0 Å². The number of rotatable bonds is 7. The van der Waals surface area contributed by atoms with E-state index in [0.29, 0.717) is 0 Å². The lowest BCUT2D eigenvalue weighted by Crippen LogP contribution is -1.94. The van der Waals surface area contributed by atoms with Gasteiger partial charge in [0.1, 0.15) is 0 Å². The SMILES string of the molecule is [CH]=CCCCCCCc1cc(C)cc(C)c1C. The van der Waals surface area contributed by atoms with Crippen LogP contribution in [-0.2, 0) is 6.42 Å². The highest BCUT2D eigenvalue weighted by atomic mass is 14.1. The van der Waals surface area contributed by atoms with Crippen LogP contribution in [0.4, 0.5) is 0 Å². The van der Waals surface area contributed by atoms with E-state index in [9.17, 15) is 0 Å². The molecule has 0 heteroatoms. The Labute approximate surface area is 107 Å². The summed E-state index contributed by atoms with van der Waals surface area (Å²) in [6.45, 7) is 12.0. The summed E-state index contributed by atoms with van der Waals surface area (Å²) in [4.78, 5) is 0. The molecule has 0 bridgehead atoms. The van der Waals surface area contributed by atoms with E-state index in [2.05, 4.69) is 32.9 Å². The molecule has 0 nitrogen and oxygen atoms in total. The molecule has 0 amide bonds. The molecule has 0 unspecified atom stereocenters. The van der Waals surface area contributed by atoms with Gasteiger partial charge in [0.05, 0.1) is 0 Å². The van der Waals surface area contributed by atoms with Crippen molar-refractivity contribution in [3.63, 3.8) is 0 Å². The largest absolute Gasteiger partial charge is 0.0845 e. The molecule has 0 N–H and O–H groups in total. The van der Waals surface area contributed by atoms with Gasteiger partial charge in [0.15, 0.2) is 0 Å². The number of hydrogen-bond acceptors (Lipinski definition) is 0. The number of aryl methyl sites for hydroxylation is 3. The molecule has 0 fully saturated rings. The molecule has 93 valence electrons. The maximum Gasteiger partial charge on any atom is -0.0276 e. The van der Waals surface area contributed by atoms with E-state index in [1.165, 1.54) is 54.4 Å². The van der Waals surface area contributed by atoms with Crippen molar-refractivity contribution in [2.75, 3.05) is 0 Å². The van der Waals surface area contributed by atoms with E-state index in [-0.39, 0.29) is 0 Å². The molecular formula is C17H25. The Morgan fingerprint density at radius 3 is 2.41 bits per heavy atom. The molecule has 0 aliphatic carbocycles. The number of benzene rings is 1. The first-order valence-corrected chi connectivity index (χ1v) is 6.75. The van der Waals surface area contributed by atoms with Crippen LogP contribution in [0, 0.1) is 27.4 Å². The molecule has 1 radical (unpaired) electrons. The molecule has 0 aliphatic rings. The quantitative estimate of drug-likeness (QED) is 0.571. The van der Waals surface area contributed by atoms with Crippen molar-refractivity contribution in [1.29, 1.82) is 0 Å².